The van der Waals surface area contributed by atoms with Crippen LogP contribution in [0.4, 0.5) is 0 Å². The summed E-state index contributed by atoms with van der Waals surface area (Å²) in [5.74, 6) is 1.54. The van der Waals surface area contributed by atoms with Crippen LogP contribution in [0.3, 0.4) is 0 Å². The maximum Gasteiger partial charge on any atom is 0.249 e. The second-order valence-electron chi connectivity index (χ2n) is 7.90. The van der Waals surface area contributed by atoms with Crippen molar-refractivity contribution in [3.63, 3.8) is 0 Å². The highest BCUT2D eigenvalue weighted by Crippen LogP contribution is 2.35. The molecule has 1 aromatic heterocycles. The number of ether oxygens (including phenoxy) is 1. The highest BCUT2D eigenvalue weighted by atomic mass is 16.5. The molecule has 25 heavy (non-hydrogen) atoms. The Morgan fingerprint density at radius 1 is 1.28 bits per heavy atom. The van der Waals surface area contributed by atoms with Crippen molar-refractivity contribution in [2.45, 2.75) is 50.7 Å². The fourth-order valence-corrected chi connectivity index (χ4v) is 4.36. The minimum Gasteiger partial charge on any atom is -0.364 e. The maximum atomic E-state index is 12.4. The second kappa shape index (κ2) is 7.83. The van der Waals surface area contributed by atoms with Crippen LogP contribution < -0.4 is 5.32 Å². The maximum absolute atomic E-state index is 12.4. The third-order valence-corrected chi connectivity index (χ3v) is 6.13. The van der Waals surface area contributed by atoms with Gasteiger partial charge in [0.15, 0.2) is 0 Å². The van der Waals surface area contributed by atoms with E-state index >= 15 is 0 Å². The summed E-state index contributed by atoms with van der Waals surface area (Å²) >= 11 is 0. The molecule has 0 spiro atoms. The largest absolute Gasteiger partial charge is 0.364 e. The number of fused-ring (bicyclic) bond motifs is 1. The molecule has 3 heterocycles. The van der Waals surface area contributed by atoms with Crippen molar-refractivity contribution in [3.8, 4) is 0 Å². The molecule has 4 rings (SSSR count). The van der Waals surface area contributed by atoms with E-state index in [-0.39, 0.29) is 18.1 Å². The summed E-state index contributed by atoms with van der Waals surface area (Å²) in [6.45, 7) is 4.08. The minimum absolute atomic E-state index is 0.0639. The first-order valence-electron chi connectivity index (χ1n) is 9.82. The molecule has 2 saturated heterocycles. The van der Waals surface area contributed by atoms with Gasteiger partial charge in [-0.1, -0.05) is 6.42 Å². The van der Waals surface area contributed by atoms with E-state index in [1.54, 1.807) is 12.4 Å². The van der Waals surface area contributed by atoms with Crippen LogP contribution in [0.2, 0.25) is 0 Å². The molecule has 5 nitrogen and oxygen atoms in total. The zero-order valence-corrected chi connectivity index (χ0v) is 14.9. The monoisotopic (exact) mass is 343 g/mol. The lowest BCUT2D eigenvalue weighted by atomic mass is 9.84. The lowest BCUT2D eigenvalue weighted by Crippen LogP contribution is -2.45. The molecule has 3 atom stereocenters. The number of nitrogens with one attached hydrogen (secondary N) is 1. The molecule has 1 aliphatic carbocycles. The second-order valence-corrected chi connectivity index (χ2v) is 7.90. The van der Waals surface area contributed by atoms with Crippen molar-refractivity contribution < 1.29 is 9.53 Å². The summed E-state index contributed by atoms with van der Waals surface area (Å²) in [6.07, 6.45) is 10.7. The molecule has 1 saturated carbocycles. The topological polar surface area (TPSA) is 54.5 Å². The van der Waals surface area contributed by atoms with Gasteiger partial charge in [0, 0.05) is 32.0 Å². The highest BCUT2D eigenvalue weighted by Gasteiger charge is 2.42. The molecular formula is C20H29N3O2. The van der Waals surface area contributed by atoms with Crippen molar-refractivity contribution in [1.29, 1.82) is 0 Å². The Labute approximate surface area is 150 Å². The van der Waals surface area contributed by atoms with Gasteiger partial charge in [0.2, 0.25) is 5.91 Å². The molecule has 0 bridgehead atoms. The molecule has 5 heteroatoms. The number of piperidine rings is 1. The van der Waals surface area contributed by atoms with Crippen LogP contribution >= 0.6 is 0 Å². The summed E-state index contributed by atoms with van der Waals surface area (Å²) in [5.41, 5.74) is 1.20. The van der Waals surface area contributed by atoms with Gasteiger partial charge < -0.3 is 15.0 Å². The van der Waals surface area contributed by atoms with Crippen molar-refractivity contribution in [1.82, 2.24) is 15.2 Å². The van der Waals surface area contributed by atoms with Gasteiger partial charge >= 0.3 is 0 Å². The predicted molar refractivity (Wildman–Crippen MR) is 96.1 cm³/mol. The smallest absolute Gasteiger partial charge is 0.249 e. The van der Waals surface area contributed by atoms with Crippen LogP contribution in [0, 0.1) is 11.8 Å². The molecule has 3 fully saturated rings. The van der Waals surface area contributed by atoms with E-state index in [2.05, 4.69) is 15.2 Å². The van der Waals surface area contributed by atoms with E-state index in [0.717, 1.165) is 25.3 Å². The molecule has 0 unspecified atom stereocenters. The fourth-order valence-electron chi connectivity index (χ4n) is 4.36. The Morgan fingerprint density at radius 2 is 2.12 bits per heavy atom. The van der Waals surface area contributed by atoms with E-state index in [9.17, 15) is 4.79 Å². The molecule has 1 aromatic rings. The SMILES string of the molecule is O=C(NCCc1ccncc1)[C@@H]1C[C@H]2CCN(CC3CCC3)C[C@@H]2O1. The van der Waals surface area contributed by atoms with E-state index in [4.69, 9.17) is 4.74 Å². The van der Waals surface area contributed by atoms with Crippen LogP contribution in [-0.2, 0) is 16.0 Å². The van der Waals surface area contributed by atoms with Crippen LogP contribution in [0.5, 0.6) is 0 Å². The van der Waals surface area contributed by atoms with Gasteiger partial charge in [-0.3, -0.25) is 9.78 Å². The first-order valence-corrected chi connectivity index (χ1v) is 9.82. The van der Waals surface area contributed by atoms with E-state index in [1.807, 2.05) is 12.1 Å². The number of amides is 1. The van der Waals surface area contributed by atoms with Gasteiger partial charge in [-0.2, -0.15) is 0 Å². The predicted octanol–water partition coefficient (Wildman–Crippen LogP) is 2.02. The number of pyridine rings is 1. The van der Waals surface area contributed by atoms with E-state index in [0.29, 0.717) is 12.5 Å². The summed E-state index contributed by atoms with van der Waals surface area (Å²) in [7, 11) is 0. The number of rotatable bonds is 6. The lowest BCUT2D eigenvalue weighted by molar-refractivity contribution is -0.132. The Bertz CT molecular complexity index is 576. The molecule has 1 amide bonds. The lowest BCUT2D eigenvalue weighted by Gasteiger charge is -2.38. The fraction of sp³-hybridized carbons (Fsp3) is 0.700. The number of carbonyl (C=O) groups is 1. The number of nitrogens with zero attached hydrogens (tertiary/aromatic N) is 2. The van der Waals surface area contributed by atoms with Gasteiger partial charge in [-0.15, -0.1) is 0 Å². The quantitative estimate of drug-likeness (QED) is 0.859. The molecule has 136 valence electrons. The highest BCUT2D eigenvalue weighted by molar-refractivity contribution is 5.81. The third-order valence-electron chi connectivity index (χ3n) is 6.13. The third kappa shape index (κ3) is 4.21. The first kappa shape index (κ1) is 17.0. The van der Waals surface area contributed by atoms with Crippen LogP contribution in [0.15, 0.2) is 24.5 Å². The van der Waals surface area contributed by atoms with Gasteiger partial charge in [-0.25, -0.2) is 0 Å². The summed E-state index contributed by atoms with van der Waals surface area (Å²) in [5, 5.41) is 3.05. The van der Waals surface area contributed by atoms with Crippen molar-refractivity contribution >= 4 is 5.91 Å². The number of likely N-dealkylation sites (tertiary alicyclic amines) is 1. The van der Waals surface area contributed by atoms with Gasteiger partial charge in [0.05, 0.1) is 6.10 Å². The molecule has 0 aromatic carbocycles. The Kier molecular flexibility index (Phi) is 5.32. The van der Waals surface area contributed by atoms with Crippen molar-refractivity contribution in [2.75, 3.05) is 26.2 Å². The summed E-state index contributed by atoms with van der Waals surface area (Å²) in [6, 6.07) is 3.98. The van der Waals surface area contributed by atoms with Gasteiger partial charge in [-0.05, 0) is 68.2 Å². The Morgan fingerprint density at radius 3 is 2.88 bits per heavy atom. The average molecular weight is 343 g/mol. The summed E-state index contributed by atoms with van der Waals surface area (Å²) in [4.78, 5) is 19.0. The summed E-state index contributed by atoms with van der Waals surface area (Å²) < 4.78 is 6.13. The first-order chi connectivity index (χ1) is 12.3. The van der Waals surface area contributed by atoms with Crippen LogP contribution in [-0.4, -0.2) is 54.2 Å². The van der Waals surface area contributed by atoms with Crippen LogP contribution in [0.25, 0.3) is 0 Å². The van der Waals surface area contributed by atoms with E-state index in [1.165, 1.54) is 44.3 Å². The molecule has 3 aliphatic rings. The van der Waals surface area contributed by atoms with E-state index < -0.39 is 0 Å². The number of aromatic nitrogens is 1. The molecular weight excluding hydrogens is 314 g/mol. The molecule has 2 aliphatic heterocycles. The Balaban J connectivity index is 1.21. The number of carbonyl (C=O) groups excluding carboxylic acids is 1. The number of hydrogen-bond acceptors (Lipinski definition) is 4. The number of hydrogen-bond donors (Lipinski definition) is 1. The normalized spacial score (nSPS) is 29.8. The minimum atomic E-state index is -0.254. The molecule has 0 radical (unpaired) electrons. The zero-order valence-electron chi connectivity index (χ0n) is 14.9. The average Bonchev–Trinajstić information content (AvgIpc) is 3.02. The van der Waals surface area contributed by atoms with Gasteiger partial charge in [0.1, 0.15) is 6.10 Å². The standard InChI is InChI=1S/C20H29N3O2/c24-20(22-10-6-15-4-8-21-9-5-15)18-12-17-7-11-23(14-19(17)25-18)13-16-2-1-3-16/h4-5,8-9,16-19H,1-3,6-7,10-14H2,(H,22,24)/t17-,18+,19+/m1/s1. The molecule has 1 N–H and O–H groups in total. The van der Waals surface area contributed by atoms with Gasteiger partial charge in [0.25, 0.3) is 0 Å². The van der Waals surface area contributed by atoms with Crippen molar-refractivity contribution in [2.24, 2.45) is 11.8 Å². The van der Waals surface area contributed by atoms with Crippen LogP contribution in [0.1, 0.15) is 37.7 Å². The van der Waals surface area contributed by atoms with Crippen molar-refractivity contribution in [3.05, 3.63) is 30.1 Å². The zero-order chi connectivity index (χ0) is 17.1. The Hall–Kier alpha value is -1.46.